The Morgan fingerprint density at radius 3 is 2.62 bits per heavy atom. The number of likely N-dealkylation sites (tertiary alicyclic amines) is 1. The zero-order chi connectivity index (χ0) is 17.0. The third kappa shape index (κ3) is 5.64. The van der Waals surface area contributed by atoms with Gasteiger partial charge in [0.15, 0.2) is 5.96 Å². The number of hydrogen-bond acceptors (Lipinski definition) is 2. The van der Waals surface area contributed by atoms with E-state index in [1.165, 1.54) is 0 Å². The molecule has 1 aromatic rings. The van der Waals surface area contributed by atoms with Crippen molar-refractivity contribution < 1.29 is 5.11 Å². The number of aliphatic hydroxyl groups is 1. The van der Waals surface area contributed by atoms with Crippen LogP contribution in [0.15, 0.2) is 23.2 Å². The monoisotopic (exact) mass is 485 g/mol. The Morgan fingerprint density at radius 1 is 1.38 bits per heavy atom. The minimum atomic E-state index is -0.262. The van der Waals surface area contributed by atoms with Gasteiger partial charge in [0.05, 0.1) is 22.7 Å². The van der Waals surface area contributed by atoms with Crippen LogP contribution in [0, 0.1) is 0 Å². The molecule has 1 aromatic carbocycles. The van der Waals surface area contributed by atoms with Gasteiger partial charge in [-0.25, -0.2) is 0 Å². The molecule has 2 rings (SSSR count). The number of benzene rings is 1. The van der Waals surface area contributed by atoms with Crippen molar-refractivity contribution in [3.63, 3.8) is 0 Å². The summed E-state index contributed by atoms with van der Waals surface area (Å²) >= 11 is 12.1. The smallest absolute Gasteiger partial charge is 0.194 e. The summed E-state index contributed by atoms with van der Waals surface area (Å²) in [5.41, 5.74) is 0.945. The number of aliphatic imine (C=N–C) groups is 1. The molecule has 1 fully saturated rings. The Morgan fingerprint density at radius 2 is 2.08 bits per heavy atom. The van der Waals surface area contributed by atoms with Crippen molar-refractivity contribution in [1.82, 2.24) is 10.2 Å². The molecule has 0 aromatic heterocycles. The van der Waals surface area contributed by atoms with Gasteiger partial charge in [0, 0.05) is 25.0 Å². The number of hydrogen-bond donors (Lipinski definition) is 2. The highest BCUT2D eigenvalue weighted by Crippen LogP contribution is 2.30. The number of guanidine groups is 1. The SMILES string of the molecule is CCNC(=NCC(C)(C)c1ccc(Cl)c(Cl)c1)N1CC[C@@H](O)C1.I. The molecule has 0 bridgehead atoms. The summed E-state index contributed by atoms with van der Waals surface area (Å²) in [5, 5.41) is 14.2. The summed E-state index contributed by atoms with van der Waals surface area (Å²) in [5.74, 6) is 0.859. The quantitative estimate of drug-likeness (QED) is 0.386. The minimum absolute atomic E-state index is 0. The van der Waals surface area contributed by atoms with E-state index in [-0.39, 0.29) is 35.5 Å². The Bertz CT molecular complexity index is 581. The maximum Gasteiger partial charge on any atom is 0.194 e. The van der Waals surface area contributed by atoms with Gasteiger partial charge >= 0.3 is 0 Å². The zero-order valence-corrected chi connectivity index (χ0v) is 18.2. The molecule has 0 radical (unpaired) electrons. The first-order valence-corrected chi connectivity index (χ1v) is 8.76. The van der Waals surface area contributed by atoms with Gasteiger partial charge in [-0.15, -0.1) is 24.0 Å². The lowest BCUT2D eigenvalue weighted by Crippen LogP contribution is -2.41. The van der Waals surface area contributed by atoms with Crippen molar-refractivity contribution in [2.75, 3.05) is 26.2 Å². The lowest BCUT2D eigenvalue weighted by atomic mass is 9.85. The predicted molar refractivity (Wildman–Crippen MR) is 113 cm³/mol. The van der Waals surface area contributed by atoms with Crippen molar-refractivity contribution in [2.24, 2.45) is 4.99 Å². The van der Waals surface area contributed by atoms with Gasteiger partial charge in [-0.2, -0.15) is 0 Å². The number of aliphatic hydroxyl groups excluding tert-OH is 1. The fourth-order valence-electron chi connectivity index (χ4n) is 2.64. The standard InChI is InChI=1S/C17H25Cl2N3O.HI/c1-4-20-16(22-8-7-13(23)10-22)21-11-17(2,3)12-5-6-14(18)15(19)9-12;/h5-6,9,13,23H,4,7-8,10-11H2,1-3H3,(H,20,21);1H/t13-;/m1./s1. The van der Waals surface area contributed by atoms with Gasteiger partial charge in [0.1, 0.15) is 0 Å². The molecule has 7 heteroatoms. The third-order valence-electron chi connectivity index (χ3n) is 4.12. The molecule has 2 N–H and O–H groups in total. The number of halogens is 3. The zero-order valence-electron chi connectivity index (χ0n) is 14.4. The Labute approximate surface area is 171 Å². The molecule has 0 aliphatic carbocycles. The van der Waals surface area contributed by atoms with E-state index in [9.17, 15) is 5.11 Å². The largest absolute Gasteiger partial charge is 0.391 e. The van der Waals surface area contributed by atoms with Crippen molar-refractivity contribution in [2.45, 2.75) is 38.7 Å². The molecule has 136 valence electrons. The lowest BCUT2D eigenvalue weighted by Gasteiger charge is -2.26. The summed E-state index contributed by atoms with van der Waals surface area (Å²) in [4.78, 5) is 6.88. The minimum Gasteiger partial charge on any atom is -0.391 e. The number of nitrogens with one attached hydrogen (secondary N) is 1. The number of β-amino-alcohol motifs (C(OH)–C–C–N with tert-alkyl or cyclic N) is 1. The Hall–Kier alpha value is -0.240. The summed E-state index contributed by atoms with van der Waals surface area (Å²) in [6.45, 7) is 9.22. The van der Waals surface area contributed by atoms with E-state index in [1.807, 2.05) is 25.1 Å². The van der Waals surface area contributed by atoms with Crippen LogP contribution < -0.4 is 5.32 Å². The maximum absolute atomic E-state index is 9.73. The lowest BCUT2D eigenvalue weighted by molar-refractivity contribution is 0.187. The average Bonchev–Trinajstić information content (AvgIpc) is 2.92. The van der Waals surface area contributed by atoms with E-state index >= 15 is 0 Å². The summed E-state index contributed by atoms with van der Waals surface area (Å²) < 4.78 is 0. The van der Waals surface area contributed by atoms with E-state index in [0.717, 1.165) is 31.0 Å². The number of rotatable bonds is 4. The Kier molecular flexibility index (Phi) is 8.59. The fraction of sp³-hybridized carbons (Fsp3) is 0.588. The van der Waals surface area contributed by atoms with Crippen molar-refractivity contribution in [3.05, 3.63) is 33.8 Å². The van der Waals surface area contributed by atoms with Crippen molar-refractivity contribution in [1.29, 1.82) is 0 Å². The second-order valence-electron chi connectivity index (χ2n) is 6.57. The molecule has 1 aliphatic heterocycles. The van der Waals surface area contributed by atoms with Gasteiger partial charge in [0.2, 0.25) is 0 Å². The van der Waals surface area contributed by atoms with E-state index in [0.29, 0.717) is 23.1 Å². The third-order valence-corrected chi connectivity index (χ3v) is 4.86. The first kappa shape index (κ1) is 21.8. The molecule has 0 unspecified atom stereocenters. The Balaban J connectivity index is 0.00000288. The van der Waals surface area contributed by atoms with Gasteiger partial charge in [-0.1, -0.05) is 43.1 Å². The fourth-order valence-corrected chi connectivity index (χ4v) is 2.94. The molecule has 0 amide bonds. The van der Waals surface area contributed by atoms with E-state index in [4.69, 9.17) is 28.2 Å². The maximum atomic E-state index is 9.73. The van der Waals surface area contributed by atoms with E-state index in [2.05, 4.69) is 24.1 Å². The molecule has 1 atom stereocenters. The van der Waals surface area contributed by atoms with Crippen LogP contribution >= 0.6 is 47.2 Å². The normalized spacial score (nSPS) is 18.5. The molecular weight excluding hydrogens is 460 g/mol. The summed E-state index contributed by atoms with van der Waals surface area (Å²) in [6.07, 6.45) is 0.530. The second-order valence-corrected chi connectivity index (χ2v) is 7.39. The van der Waals surface area contributed by atoms with Crippen LogP contribution in [0.5, 0.6) is 0 Å². The van der Waals surface area contributed by atoms with Crippen LogP contribution in [-0.2, 0) is 5.41 Å². The van der Waals surface area contributed by atoms with E-state index < -0.39 is 0 Å². The van der Waals surface area contributed by atoms with Gasteiger partial charge in [0.25, 0.3) is 0 Å². The summed E-state index contributed by atoms with van der Waals surface area (Å²) in [6, 6.07) is 5.73. The topological polar surface area (TPSA) is 47.9 Å². The van der Waals surface area contributed by atoms with Gasteiger partial charge in [-0.05, 0) is 31.0 Å². The molecule has 1 saturated heterocycles. The van der Waals surface area contributed by atoms with Crippen LogP contribution in [0.25, 0.3) is 0 Å². The predicted octanol–water partition coefficient (Wildman–Crippen LogP) is 3.92. The van der Waals surface area contributed by atoms with Crippen molar-refractivity contribution in [3.8, 4) is 0 Å². The molecular formula is C17H26Cl2IN3O. The van der Waals surface area contributed by atoms with Crippen LogP contribution in [0.1, 0.15) is 32.8 Å². The first-order valence-electron chi connectivity index (χ1n) is 8.00. The van der Waals surface area contributed by atoms with Crippen LogP contribution in [0.2, 0.25) is 10.0 Å². The van der Waals surface area contributed by atoms with Gasteiger partial charge in [-0.3, -0.25) is 4.99 Å². The molecule has 4 nitrogen and oxygen atoms in total. The first-order chi connectivity index (χ1) is 10.8. The van der Waals surface area contributed by atoms with Crippen LogP contribution in [0.4, 0.5) is 0 Å². The molecule has 0 spiro atoms. The van der Waals surface area contributed by atoms with Crippen molar-refractivity contribution >= 4 is 53.1 Å². The molecule has 1 aliphatic rings. The van der Waals surface area contributed by atoms with Crippen LogP contribution in [-0.4, -0.2) is 48.2 Å². The molecule has 24 heavy (non-hydrogen) atoms. The molecule has 1 heterocycles. The van der Waals surface area contributed by atoms with Gasteiger partial charge < -0.3 is 15.3 Å². The van der Waals surface area contributed by atoms with Crippen LogP contribution in [0.3, 0.4) is 0 Å². The highest BCUT2D eigenvalue weighted by atomic mass is 127. The highest BCUT2D eigenvalue weighted by molar-refractivity contribution is 14.0. The average molecular weight is 486 g/mol. The highest BCUT2D eigenvalue weighted by Gasteiger charge is 2.25. The number of nitrogens with zero attached hydrogens (tertiary/aromatic N) is 2. The molecule has 0 saturated carbocycles. The van der Waals surface area contributed by atoms with E-state index in [1.54, 1.807) is 0 Å². The second kappa shape index (κ2) is 9.46. The summed E-state index contributed by atoms with van der Waals surface area (Å²) in [7, 11) is 0.